The van der Waals surface area contributed by atoms with E-state index in [1.54, 1.807) is 11.3 Å². The number of aliphatic hydroxyl groups excluding tert-OH is 2. The number of amides is 2. The van der Waals surface area contributed by atoms with E-state index >= 15 is 0 Å². The highest BCUT2D eigenvalue weighted by molar-refractivity contribution is 7.13. The molecule has 8 nitrogen and oxygen atoms in total. The summed E-state index contributed by atoms with van der Waals surface area (Å²) >= 11 is 1.59. The van der Waals surface area contributed by atoms with Gasteiger partial charge in [0.05, 0.1) is 41.0 Å². The van der Waals surface area contributed by atoms with Gasteiger partial charge in [0.25, 0.3) is 0 Å². The number of aromatic nitrogens is 1. The van der Waals surface area contributed by atoms with Crippen LogP contribution < -0.4 is 10.6 Å². The zero-order chi connectivity index (χ0) is 24.3. The van der Waals surface area contributed by atoms with Gasteiger partial charge in [-0.1, -0.05) is 45.0 Å². The summed E-state index contributed by atoms with van der Waals surface area (Å²) in [5, 5.41) is 25.4. The van der Waals surface area contributed by atoms with Crippen LogP contribution in [0.15, 0.2) is 29.8 Å². The molecule has 0 spiro atoms. The van der Waals surface area contributed by atoms with Crippen molar-refractivity contribution >= 4 is 23.2 Å². The van der Waals surface area contributed by atoms with E-state index in [4.69, 9.17) is 0 Å². The quantitative estimate of drug-likeness (QED) is 0.458. The Morgan fingerprint density at radius 2 is 1.94 bits per heavy atom. The molecular weight excluding hydrogens is 440 g/mol. The predicted molar refractivity (Wildman–Crippen MR) is 128 cm³/mol. The average molecular weight is 475 g/mol. The minimum Gasteiger partial charge on any atom is -0.391 e. The summed E-state index contributed by atoms with van der Waals surface area (Å²) in [5.74, 6) is -0.600. The molecule has 0 bridgehead atoms. The van der Waals surface area contributed by atoms with Crippen LogP contribution in [0.5, 0.6) is 0 Å². The summed E-state index contributed by atoms with van der Waals surface area (Å²) in [6.07, 6.45) is -0.583. The Balaban J connectivity index is 1.71. The maximum absolute atomic E-state index is 13.2. The standard InChI is InChI=1S/C24H34N4O4S/c1-14(16-6-8-17(9-7-16)20-15(2)26-13-33-20)27-22(31)19-10-18(30)11-28(19)23(32)21(25-12-29)24(3,4)5/h6-9,13-14,18-19,21,25,29-30H,10-12H2,1-5H3,(H,27,31)/t14-,18+,19-,21+/m0/s1. The smallest absolute Gasteiger partial charge is 0.243 e. The number of likely N-dealkylation sites (tertiary alicyclic amines) is 1. The zero-order valence-electron chi connectivity index (χ0n) is 19.8. The molecule has 2 amide bonds. The largest absolute Gasteiger partial charge is 0.391 e. The molecule has 2 heterocycles. The summed E-state index contributed by atoms with van der Waals surface area (Å²) < 4.78 is 0. The minimum absolute atomic E-state index is 0.0912. The van der Waals surface area contributed by atoms with Crippen LogP contribution in [0, 0.1) is 12.3 Å². The first kappa shape index (κ1) is 25.3. The second-order valence-electron chi connectivity index (χ2n) is 9.68. The number of hydrogen-bond acceptors (Lipinski definition) is 7. The van der Waals surface area contributed by atoms with Gasteiger partial charge in [-0.2, -0.15) is 0 Å². The number of benzene rings is 1. The van der Waals surface area contributed by atoms with Gasteiger partial charge < -0.3 is 20.4 Å². The fourth-order valence-corrected chi connectivity index (χ4v) is 5.03. The lowest BCUT2D eigenvalue weighted by Crippen LogP contribution is -2.56. The maximum Gasteiger partial charge on any atom is 0.243 e. The molecule has 9 heteroatoms. The lowest BCUT2D eigenvalue weighted by molar-refractivity contribution is -0.142. The molecule has 1 fully saturated rings. The van der Waals surface area contributed by atoms with E-state index in [2.05, 4.69) is 15.6 Å². The summed E-state index contributed by atoms with van der Waals surface area (Å²) in [6, 6.07) is 6.28. The Morgan fingerprint density at radius 3 is 2.48 bits per heavy atom. The Labute approximate surface area is 199 Å². The first-order valence-electron chi connectivity index (χ1n) is 11.2. The van der Waals surface area contributed by atoms with Crippen molar-refractivity contribution in [3.8, 4) is 10.4 Å². The van der Waals surface area contributed by atoms with Crippen LogP contribution in [-0.2, 0) is 9.59 Å². The van der Waals surface area contributed by atoms with E-state index in [0.717, 1.165) is 21.7 Å². The third-order valence-corrected chi connectivity index (χ3v) is 7.03. The van der Waals surface area contributed by atoms with Gasteiger partial charge in [0.15, 0.2) is 0 Å². The molecule has 0 aliphatic carbocycles. The molecule has 4 N–H and O–H groups in total. The molecular formula is C24H34N4O4S. The first-order chi connectivity index (χ1) is 15.5. The zero-order valence-corrected chi connectivity index (χ0v) is 20.6. The van der Waals surface area contributed by atoms with Crippen molar-refractivity contribution in [3.05, 3.63) is 41.0 Å². The summed E-state index contributed by atoms with van der Waals surface area (Å²) in [6.45, 7) is 9.28. The number of carbonyl (C=O) groups is 2. The summed E-state index contributed by atoms with van der Waals surface area (Å²) in [4.78, 5) is 33.2. The number of thiazole rings is 1. The van der Waals surface area contributed by atoms with Gasteiger partial charge in [-0.15, -0.1) is 11.3 Å². The van der Waals surface area contributed by atoms with E-state index in [1.165, 1.54) is 4.90 Å². The molecule has 1 aromatic carbocycles. The molecule has 0 unspecified atom stereocenters. The highest BCUT2D eigenvalue weighted by Crippen LogP contribution is 2.29. The number of β-amino-alcohol motifs (C(OH)–C–C–N with tert-alkyl or cyclic N) is 1. The molecule has 1 aromatic heterocycles. The number of nitrogens with zero attached hydrogens (tertiary/aromatic N) is 2. The number of rotatable bonds is 7. The van der Waals surface area contributed by atoms with Crippen molar-refractivity contribution in [1.29, 1.82) is 0 Å². The molecule has 33 heavy (non-hydrogen) atoms. The van der Waals surface area contributed by atoms with E-state index in [0.29, 0.717) is 0 Å². The highest BCUT2D eigenvalue weighted by atomic mass is 32.1. The normalized spacial score (nSPS) is 20.5. The van der Waals surface area contributed by atoms with Crippen molar-refractivity contribution in [2.24, 2.45) is 5.41 Å². The van der Waals surface area contributed by atoms with Gasteiger partial charge in [-0.25, -0.2) is 4.98 Å². The van der Waals surface area contributed by atoms with Crippen LogP contribution in [0.1, 0.15) is 51.4 Å². The molecule has 0 saturated carbocycles. The Hall–Kier alpha value is -2.33. The van der Waals surface area contributed by atoms with Crippen molar-refractivity contribution in [3.63, 3.8) is 0 Å². The van der Waals surface area contributed by atoms with Crippen LogP contribution >= 0.6 is 11.3 Å². The number of aliphatic hydroxyl groups is 2. The third-order valence-electron chi connectivity index (χ3n) is 6.05. The Bertz CT molecular complexity index is 970. The predicted octanol–water partition coefficient (Wildman–Crippen LogP) is 2.21. The van der Waals surface area contributed by atoms with Crippen molar-refractivity contribution < 1.29 is 19.8 Å². The Kier molecular flexibility index (Phi) is 7.89. The number of carbonyl (C=O) groups excluding carboxylic acids is 2. The fraction of sp³-hybridized carbons (Fsp3) is 0.542. The average Bonchev–Trinajstić information content (AvgIpc) is 3.36. The van der Waals surface area contributed by atoms with E-state index in [-0.39, 0.29) is 37.6 Å². The van der Waals surface area contributed by atoms with Gasteiger partial charge in [0.2, 0.25) is 11.8 Å². The molecule has 1 aliphatic rings. The van der Waals surface area contributed by atoms with Gasteiger partial charge in [0, 0.05) is 13.0 Å². The molecule has 1 saturated heterocycles. The molecule has 0 radical (unpaired) electrons. The molecule has 1 aliphatic heterocycles. The fourth-order valence-electron chi connectivity index (χ4n) is 4.22. The summed E-state index contributed by atoms with van der Waals surface area (Å²) in [7, 11) is 0. The number of hydrogen-bond donors (Lipinski definition) is 4. The van der Waals surface area contributed by atoms with Gasteiger partial charge in [-0.3, -0.25) is 14.9 Å². The topological polar surface area (TPSA) is 115 Å². The second kappa shape index (κ2) is 10.3. The molecule has 2 aromatic rings. The lowest BCUT2D eigenvalue weighted by Gasteiger charge is -2.35. The molecule has 3 rings (SSSR count). The van der Waals surface area contributed by atoms with Gasteiger partial charge >= 0.3 is 0 Å². The van der Waals surface area contributed by atoms with Crippen LogP contribution in [0.25, 0.3) is 10.4 Å². The van der Waals surface area contributed by atoms with E-state index in [1.807, 2.05) is 64.4 Å². The molecule has 4 atom stereocenters. The second-order valence-corrected chi connectivity index (χ2v) is 10.5. The maximum atomic E-state index is 13.2. The molecule has 180 valence electrons. The lowest BCUT2D eigenvalue weighted by atomic mass is 9.85. The van der Waals surface area contributed by atoms with Crippen molar-refractivity contribution in [2.45, 2.75) is 65.3 Å². The monoisotopic (exact) mass is 474 g/mol. The number of nitrogens with one attached hydrogen (secondary N) is 2. The van der Waals surface area contributed by atoms with Crippen LogP contribution in [0.3, 0.4) is 0 Å². The third kappa shape index (κ3) is 5.78. The SMILES string of the molecule is Cc1ncsc1-c1ccc([C@H](C)NC(=O)[C@@H]2C[C@@H](O)CN2C(=O)[C@@H](NCO)C(C)(C)C)cc1. The van der Waals surface area contributed by atoms with E-state index in [9.17, 15) is 19.8 Å². The Morgan fingerprint density at radius 1 is 1.27 bits per heavy atom. The van der Waals surface area contributed by atoms with Crippen molar-refractivity contribution in [1.82, 2.24) is 20.5 Å². The highest BCUT2D eigenvalue weighted by Gasteiger charge is 2.43. The van der Waals surface area contributed by atoms with Crippen LogP contribution in [0.2, 0.25) is 0 Å². The number of aryl methyl sites for hydroxylation is 1. The van der Waals surface area contributed by atoms with Gasteiger partial charge in [0.1, 0.15) is 6.04 Å². The van der Waals surface area contributed by atoms with Crippen LogP contribution in [-0.4, -0.2) is 63.4 Å². The van der Waals surface area contributed by atoms with E-state index < -0.39 is 23.6 Å². The van der Waals surface area contributed by atoms with Crippen LogP contribution in [0.4, 0.5) is 0 Å². The summed E-state index contributed by atoms with van der Waals surface area (Å²) in [5.41, 5.74) is 4.37. The van der Waals surface area contributed by atoms with Crippen molar-refractivity contribution in [2.75, 3.05) is 13.3 Å². The minimum atomic E-state index is -0.767. The first-order valence-corrected chi connectivity index (χ1v) is 12.0. The van der Waals surface area contributed by atoms with Gasteiger partial charge in [-0.05, 0) is 30.4 Å².